The topological polar surface area (TPSA) is 90.6 Å². The minimum Gasteiger partial charge on any atom is -0.340 e. The number of imide groups is 1. The number of hydrogen-bond donors (Lipinski definition) is 1. The summed E-state index contributed by atoms with van der Waals surface area (Å²) in [6.07, 6.45) is 1.49. The molecule has 0 spiro atoms. The van der Waals surface area contributed by atoms with Gasteiger partial charge in [0.2, 0.25) is 11.5 Å². The van der Waals surface area contributed by atoms with E-state index in [1.807, 2.05) is 12.1 Å². The van der Waals surface area contributed by atoms with Crippen molar-refractivity contribution in [2.45, 2.75) is 6.54 Å². The molecule has 162 valence electrons. The molecule has 1 aliphatic rings. The Kier molecular flexibility index (Phi) is 5.91. The second kappa shape index (κ2) is 8.80. The fraction of sp³-hybridized carbons (Fsp3) is 0.130. The molecule has 0 bridgehead atoms. The number of H-pyrrole nitrogens is 1. The normalized spacial score (nSPS) is 15.1. The molecular formula is C23H18FN3O4S. The lowest BCUT2D eigenvalue weighted by Crippen LogP contribution is -2.40. The Morgan fingerprint density at radius 3 is 2.59 bits per heavy atom. The van der Waals surface area contributed by atoms with Crippen LogP contribution in [-0.2, 0) is 16.1 Å². The minimum absolute atomic E-state index is 0.144. The molecule has 2 heterocycles. The number of para-hydroxylation sites is 1. The predicted molar refractivity (Wildman–Crippen MR) is 120 cm³/mol. The zero-order chi connectivity index (χ0) is 22.8. The van der Waals surface area contributed by atoms with Gasteiger partial charge in [0, 0.05) is 30.6 Å². The highest BCUT2D eigenvalue weighted by Crippen LogP contribution is 2.32. The zero-order valence-corrected chi connectivity index (χ0v) is 17.8. The van der Waals surface area contributed by atoms with Gasteiger partial charge in [-0.1, -0.05) is 30.3 Å². The number of aromatic amines is 1. The van der Waals surface area contributed by atoms with Gasteiger partial charge in [-0.3, -0.25) is 24.1 Å². The van der Waals surface area contributed by atoms with Crippen molar-refractivity contribution >= 4 is 45.8 Å². The van der Waals surface area contributed by atoms with E-state index >= 15 is 0 Å². The van der Waals surface area contributed by atoms with Gasteiger partial charge in [-0.25, -0.2) is 4.39 Å². The van der Waals surface area contributed by atoms with E-state index in [2.05, 4.69) is 4.98 Å². The number of aromatic nitrogens is 1. The summed E-state index contributed by atoms with van der Waals surface area (Å²) in [4.78, 5) is 54.8. The summed E-state index contributed by atoms with van der Waals surface area (Å²) in [7, 11) is 1.55. The number of amides is 3. The van der Waals surface area contributed by atoms with E-state index in [-0.39, 0.29) is 17.0 Å². The maximum absolute atomic E-state index is 13.1. The molecule has 1 N–H and O–H groups in total. The van der Waals surface area contributed by atoms with Crippen molar-refractivity contribution in [2.75, 3.05) is 13.6 Å². The summed E-state index contributed by atoms with van der Waals surface area (Å²) in [6.45, 7) is -0.270. The zero-order valence-electron chi connectivity index (χ0n) is 17.0. The van der Waals surface area contributed by atoms with E-state index in [9.17, 15) is 23.6 Å². The van der Waals surface area contributed by atoms with Gasteiger partial charge in [0.15, 0.2) is 0 Å². The Hall–Kier alpha value is -3.72. The number of halogens is 1. The van der Waals surface area contributed by atoms with Gasteiger partial charge in [0.05, 0.1) is 4.91 Å². The van der Waals surface area contributed by atoms with Crippen molar-refractivity contribution in [2.24, 2.45) is 0 Å². The van der Waals surface area contributed by atoms with Crippen molar-refractivity contribution < 1.29 is 18.8 Å². The molecule has 7 nitrogen and oxygen atoms in total. The monoisotopic (exact) mass is 451 g/mol. The van der Waals surface area contributed by atoms with Crippen molar-refractivity contribution in [1.82, 2.24) is 14.8 Å². The Labute approximate surface area is 186 Å². The lowest BCUT2D eigenvalue weighted by molar-refractivity contribution is -0.135. The van der Waals surface area contributed by atoms with Gasteiger partial charge in [-0.2, -0.15) is 0 Å². The summed E-state index contributed by atoms with van der Waals surface area (Å²) in [5.74, 6) is -1.43. The van der Waals surface area contributed by atoms with Crippen LogP contribution in [0.25, 0.3) is 17.0 Å². The molecule has 0 atom stereocenters. The molecule has 3 amide bonds. The highest BCUT2D eigenvalue weighted by Gasteiger charge is 2.36. The minimum atomic E-state index is -0.576. The van der Waals surface area contributed by atoms with Crippen LogP contribution < -0.4 is 5.56 Å². The summed E-state index contributed by atoms with van der Waals surface area (Å²) in [6, 6.07) is 14.2. The van der Waals surface area contributed by atoms with Gasteiger partial charge in [0.1, 0.15) is 12.4 Å². The predicted octanol–water partition coefficient (Wildman–Crippen LogP) is 3.36. The smallest absolute Gasteiger partial charge is 0.294 e. The number of likely N-dealkylation sites (N-methyl/N-ethyl adjacent to an activating group) is 1. The van der Waals surface area contributed by atoms with Crippen molar-refractivity contribution in [3.63, 3.8) is 0 Å². The average Bonchev–Trinajstić information content (AvgIpc) is 3.02. The number of hydrogen-bond acceptors (Lipinski definition) is 5. The molecule has 1 saturated heterocycles. The molecule has 3 aromatic rings. The van der Waals surface area contributed by atoms with E-state index < -0.39 is 29.4 Å². The molecule has 0 unspecified atom stereocenters. The molecule has 0 radical (unpaired) electrons. The number of thioether (sulfide) groups is 1. The molecule has 1 aromatic heterocycles. The maximum atomic E-state index is 13.1. The molecule has 1 aliphatic heterocycles. The molecule has 2 aromatic carbocycles. The second-order valence-electron chi connectivity index (χ2n) is 7.27. The summed E-state index contributed by atoms with van der Waals surface area (Å²) in [5, 5.41) is 0.256. The van der Waals surface area contributed by atoms with Gasteiger partial charge >= 0.3 is 0 Å². The van der Waals surface area contributed by atoms with Gasteiger partial charge < -0.3 is 9.88 Å². The first kappa shape index (κ1) is 21.5. The molecule has 1 fully saturated rings. The number of carbonyl (C=O) groups excluding carboxylic acids is 3. The fourth-order valence-corrected chi connectivity index (χ4v) is 4.19. The van der Waals surface area contributed by atoms with E-state index in [4.69, 9.17) is 0 Å². The third kappa shape index (κ3) is 4.47. The average molecular weight is 451 g/mol. The van der Waals surface area contributed by atoms with Crippen LogP contribution in [0.2, 0.25) is 0 Å². The van der Waals surface area contributed by atoms with E-state index in [1.54, 1.807) is 19.2 Å². The Bertz CT molecular complexity index is 1320. The molecule has 32 heavy (non-hydrogen) atoms. The summed E-state index contributed by atoms with van der Waals surface area (Å²) >= 11 is 0.731. The molecular weight excluding hydrogens is 433 g/mol. The van der Waals surface area contributed by atoms with Crippen LogP contribution in [0, 0.1) is 5.82 Å². The third-order valence-electron chi connectivity index (χ3n) is 5.00. The fourth-order valence-electron chi connectivity index (χ4n) is 3.35. The standard InChI is InChI=1S/C23H18FN3O4S/c1-26(12-15-11-20(28)25-18-5-3-2-4-17(15)18)21(29)13-27-22(30)19(32-23(27)31)10-14-6-8-16(24)9-7-14/h2-11H,12-13H2,1H3,(H,25,28)/b19-10-. The van der Waals surface area contributed by atoms with Gasteiger partial charge in [0.25, 0.3) is 11.1 Å². The quantitative estimate of drug-likeness (QED) is 0.601. The molecule has 0 saturated carbocycles. The van der Waals surface area contributed by atoms with E-state index in [0.29, 0.717) is 16.6 Å². The van der Waals surface area contributed by atoms with Crippen LogP contribution in [0.4, 0.5) is 9.18 Å². The highest BCUT2D eigenvalue weighted by atomic mass is 32.2. The lowest BCUT2D eigenvalue weighted by Gasteiger charge is -2.21. The van der Waals surface area contributed by atoms with Gasteiger partial charge in [-0.15, -0.1) is 0 Å². The Balaban J connectivity index is 1.48. The van der Waals surface area contributed by atoms with Crippen LogP contribution in [0.5, 0.6) is 0 Å². The number of pyridine rings is 1. The number of rotatable bonds is 5. The van der Waals surface area contributed by atoms with Crippen LogP contribution in [0.15, 0.2) is 64.3 Å². The number of fused-ring (bicyclic) bond motifs is 1. The number of nitrogens with one attached hydrogen (secondary N) is 1. The highest BCUT2D eigenvalue weighted by molar-refractivity contribution is 8.18. The van der Waals surface area contributed by atoms with Crippen LogP contribution >= 0.6 is 11.8 Å². The van der Waals surface area contributed by atoms with Crippen molar-refractivity contribution in [1.29, 1.82) is 0 Å². The van der Waals surface area contributed by atoms with Crippen LogP contribution in [0.1, 0.15) is 11.1 Å². The first-order valence-electron chi connectivity index (χ1n) is 9.67. The summed E-state index contributed by atoms with van der Waals surface area (Å²) in [5.41, 5.74) is 1.61. The van der Waals surface area contributed by atoms with Crippen LogP contribution in [-0.4, -0.2) is 45.4 Å². The lowest BCUT2D eigenvalue weighted by atomic mass is 10.1. The van der Waals surface area contributed by atoms with Crippen molar-refractivity contribution in [3.8, 4) is 0 Å². The number of nitrogens with zero attached hydrogens (tertiary/aromatic N) is 2. The van der Waals surface area contributed by atoms with Crippen LogP contribution in [0.3, 0.4) is 0 Å². The van der Waals surface area contributed by atoms with Crippen molar-refractivity contribution in [3.05, 3.63) is 86.8 Å². The first-order chi connectivity index (χ1) is 15.3. The summed E-state index contributed by atoms with van der Waals surface area (Å²) < 4.78 is 13.1. The maximum Gasteiger partial charge on any atom is 0.294 e. The number of carbonyl (C=O) groups is 3. The van der Waals surface area contributed by atoms with E-state index in [0.717, 1.165) is 22.0 Å². The van der Waals surface area contributed by atoms with E-state index in [1.165, 1.54) is 41.3 Å². The second-order valence-corrected chi connectivity index (χ2v) is 8.27. The SMILES string of the molecule is CN(Cc1cc(=O)[nH]c2ccccc12)C(=O)CN1C(=O)S/C(=C\c2ccc(F)cc2)C1=O. The molecule has 9 heteroatoms. The number of benzene rings is 2. The Morgan fingerprint density at radius 2 is 1.84 bits per heavy atom. The Morgan fingerprint density at radius 1 is 1.12 bits per heavy atom. The largest absolute Gasteiger partial charge is 0.340 e. The molecule has 0 aliphatic carbocycles. The third-order valence-corrected chi connectivity index (χ3v) is 5.91. The van der Waals surface area contributed by atoms with Gasteiger partial charge in [-0.05, 0) is 47.2 Å². The first-order valence-corrected chi connectivity index (χ1v) is 10.5. The molecule has 4 rings (SSSR count).